The highest BCUT2D eigenvalue weighted by molar-refractivity contribution is 5.45. The Kier molecular flexibility index (Phi) is 3.89. The predicted molar refractivity (Wildman–Crippen MR) is 71.2 cm³/mol. The second-order valence-corrected chi connectivity index (χ2v) is 4.29. The first-order chi connectivity index (χ1) is 8.69. The zero-order valence-electron chi connectivity index (χ0n) is 10.7. The first kappa shape index (κ1) is 12.5. The van der Waals surface area contributed by atoms with E-state index in [4.69, 9.17) is 5.11 Å². The predicted octanol–water partition coefficient (Wildman–Crippen LogP) is 1.91. The molecule has 4 heteroatoms. The first-order valence-corrected chi connectivity index (χ1v) is 5.88. The quantitative estimate of drug-likeness (QED) is 0.891. The minimum atomic E-state index is -0.0373. The summed E-state index contributed by atoms with van der Waals surface area (Å²) in [6, 6.07) is 9.82. The van der Waals surface area contributed by atoms with Crippen molar-refractivity contribution in [2.75, 3.05) is 11.9 Å². The van der Waals surface area contributed by atoms with Gasteiger partial charge in [0.15, 0.2) is 0 Å². The number of pyridine rings is 2. The lowest BCUT2D eigenvalue weighted by Gasteiger charge is -2.19. The van der Waals surface area contributed by atoms with Crippen LogP contribution in [0.3, 0.4) is 0 Å². The van der Waals surface area contributed by atoms with E-state index in [0.717, 1.165) is 23.6 Å². The van der Waals surface area contributed by atoms with Crippen molar-refractivity contribution < 1.29 is 5.11 Å². The molecule has 0 saturated carbocycles. The van der Waals surface area contributed by atoms with Crippen LogP contribution in [-0.2, 0) is 13.2 Å². The van der Waals surface area contributed by atoms with Crippen LogP contribution < -0.4 is 4.90 Å². The fraction of sp³-hybridized carbons (Fsp3) is 0.286. The Morgan fingerprint density at radius 1 is 1.22 bits per heavy atom. The van der Waals surface area contributed by atoms with Crippen molar-refractivity contribution in [1.82, 2.24) is 9.97 Å². The summed E-state index contributed by atoms with van der Waals surface area (Å²) in [5, 5.41) is 9.08. The van der Waals surface area contributed by atoms with Crippen LogP contribution in [0.15, 0.2) is 36.5 Å². The topological polar surface area (TPSA) is 49.2 Å². The van der Waals surface area contributed by atoms with Crippen molar-refractivity contribution in [3.05, 3.63) is 53.6 Å². The molecule has 1 N–H and O–H groups in total. The van der Waals surface area contributed by atoms with E-state index >= 15 is 0 Å². The van der Waals surface area contributed by atoms with E-state index in [2.05, 4.69) is 14.9 Å². The van der Waals surface area contributed by atoms with Crippen LogP contribution in [0, 0.1) is 6.92 Å². The molecule has 0 unspecified atom stereocenters. The normalized spacial score (nSPS) is 10.4. The van der Waals surface area contributed by atoms with E-state index in [0.29, 0.717) is 5.69 Å². The molecule has 0 fully saturated rings. The summed E-state index contributed by atoms with van der Waals surface area (Å²) in [5.74, 6) is 0. The average molecular weight is 243 g/mol. The molecular weight excluding hydrogens is 226 g/mol. The molecule has 0 bridgehead atoms. The van der Waals surface area contributed by atoms with E-state index in [1.54, 1.807) is 6.20 Å². The van der Waals surface area contributed by atoms with Gasteiger partial charge in [-0.25, -0.2) is 0 Å². The molecule has 0 aromatic carbocycles. The Hall–Kier alpha value is -1.94. The van der Waals surface area contributed by atoms with Gasteiger partial charge in [-0.05, 0) is 31.2 Å². The summed E-state index contributed by atoms with van der Waals surface area (Å²) < 4.78 is 0. The Morgan fingerprint density at radius 2 is 2.06 bits per heavy atom. The molecule has 0 spiro atoms. The van der Waals surface area contributed by atoms with Gasteiger partial charge in [-0.2, -0.15) is 0 Å². The largest absolute Gasteiger partial charge is 0.390 e. The number of rotatable bonds is 4. The highest BCUT2D eigenvalue weighted by Gasteiger charge is 2.04. The Balaban J connectivity index is 2.13. The second kappa shape index (κ2) is 5.60. The van der Waals surface area contributed by atoms with Crippen molar-refractivity contribution in [2.45, 2.75) is 20.1 Å². The van der Waals surface area contributed by atoms with Gasteiger partial charge in [0, 0.05) is 24.6 Å². The van der Waals surface area contributed by atoms with Crippen LogP contribution in [0.2, 0.25) is 0 Å². The molecule has 2 aromatic heterocycles. The highest BCUT2D eigenvalue weighted by Crippen LogP contribution is 2.15. The average Bonchev–Trinajstić information content (AvgIpc) is 2.39. The number of aliphatic hydroxyl groups is 1. The Bertz CT molecular complexity index is 528. The van der Waals surface area contributed by atoms with Crippen LogP contribution in [0.4, 0.5) is 5.69 Å². The van der Waals surface area contributed by atoms with Crippen LogP contribution >= 0.6 is 0 Å². The van der Waals surface area contributed by atoms with Gasteiger partial charge in [0.25, 0.3) is 0 Å². The number of aryl methyl sites for hydroxylation is 1. The van der Waals surface area contributed by atoms with E-state index in [9.17, 15) is 0 Å². The van der Waals surface area contributed by atoms with Crippen molar-refractivity contribution in [2.24, 2.45) is 0 Å². The molecule has 4 nitrogen and oxygen atoms in total. The third kappa shape index (κ3) is 3.05. The zero-order valence-corrected chi connectivity index (χ0v) is 10.7. The lowest BCUT2D eigenvalue weighted by atomic mass is 10.2. The van der Waals surface area contributed by atoms with Gasteiger partial charge in [0.1, 0.15) is 0 Å². The number of anilines is 1. The van der Waals surface area contributed by atoms with Crippen molar-refractivity contribution in [1.29, 1.82) is 0 Å². The molecule has 2 rings (SSSR count). The summed E-state index contributed by atoms with van der Waals surface area (Å²) in [7, 11) is 2.00. The third-order valence-electron chi connectivity index (χ3n) is 2.75. The molecule has 18 heavy (non-hydrogen) atoms. The minimum absolute atomic E-state index is 0.0373. The van der Waals surface area contributed by atoms with Crippen LogP contribution in [0.25, 0.3) is 0 Å². The number of aromatic nitrogens is 2. The van der Waals surface area contributed by atoms with Gasteiger partial charge >= 0.3 is 0 Å². The summed E-state index contributed by atoms with van der Waals surface area (Å²) in [5.41, 5.74) is 3.75. The van der Waals surface area contributed by atoms with E-state index in [1.165, 1.54) is 0 Å². The summed E-state index contributed by atoms with van der Waals surface area (Å²) in [6.45, 7) is 2.68. The van der Waals surface area contributed by atoms with Crippen molar-refractivity contribution in [3.8, 4) is 0 Å². The van der Waals surface area contributed by atoms with Gasteiger partial charge in [0.05, 0.1) is 24.5 Å². The number of aliphatic hydroxyl groups excluding tert-OH is 1. The number of nitrogens with zero attached hydrogens (tertiary/aromatic N) is 3. The molecule has 0 aliphatic heterocycles. The number of hydrogen-bond donors (Lipinski definition) is 1. The van der Waals surface area contributed by atoms with E-state index in [-0.39, 0.29) is 6.61 Å². The van der Waals surface area contributed by atoms with Crippen molar-refractivity contribution >= 4 is 5.69 Å². The summed E-state index contributed by atoms with van der Waals surface area (Å²) in [6.07, 6.45) is 1.71. The Labute approximate surface area is 107 Å². The van der Waals surface area contributed by atoms with Crippen molar-refractivity contribution in [3.63, 3.8) is 0 Å². The van der Waals surface area contributed by atoms with Gasteiger partial charge in [-0.15, -0.1) is 0 Å². The monoisotopic (exact) mass is 243 g/mol. The molecule has 0 saturated heterocycles. The molecule has 2 aromatic rings. The third-order valence-corrected chi connectivity index (χ3v) is 2.75. The molecular formula is C14H17N3O. The lowest BCUT2D eigenvalue weighted by molar-refractivity contribution is 0.277. The molecule has 0 aliphatic carbocycles. The van der Waals surface area contributed by atoms with Gasteiger partial charge in [0.2, 0.25) is 0 Å². The zero-order chi connectivity index (χ0) is 13.0. The molecule has 0 atom stereocenters. The van der Waals surface area contributed by atoms with E-state index < -0.39 is 0 Å². The smallest absolute Gasteiger partial charge is 0.0853 e. The molecule has 0 radical (unpaired) electrons. The minimum Gasteiger partial charge on any atom is -0.390 e. The molecule has 2 heterocycles. The standard InChI is InChI=1S/C14H17N3O/c1-11-4-3-5-12(16-11)9-17(2)14-6-7-15-13(8-14)10-18/h3-8,18H,9-10H2,1-2H3. The maximum Gasteiger partial charge on any atom is 0.0853 e. The summed E-state index contributed by atoms with van der Waals surface area (Å²) >= 11 is 0. The molecule has 0 amide bonds. The fourth-order valence-corrected chi connectivity index (χ4v) is 1.81. The maximum atomic E-state index is 9.08. The van der Waals surface area contributed by atoms with Gasteiger partial charge < -0.3 is 10.0 Å². The summed E-state index contributed by atoms with van der Waals surface area (Å²) in [4.78, 5) is 10.6. The molecule has 94 valence electrons. The highest BCUT2D eigenvalue weighted by atomic mass is 16.3. The molecule has 0 aliphatic rings. The second-order valence-electron chi connectivity index (χ2n) is 4.29. The maximum absolute atomic E-state index is 9.08. The van der Waals surface area contributed by atoms with Gasteiger partial charge in [-0.1, -0.05) is 6.07 Å². The lowest BCUT2D eigenvalue weighted by Crippen LogP contribution is -2.17. The van der Waals surface area contributed by atoms with Gasteiger partial charge in [-0.3, -0.25) is 9.97 Å². The van der Waals surface area contributed by atoms with Crippen LogP contribution in [0.5, 0.6) is 0 Å². The number of hydrogen-bond acceptors (Lipinski definition) is 4. The fourth-order valence-electron chi connectivity index (χ4n) is 1.81. The Morgan fingerprint density at radius 3 is 2.78 bits per heavy atom. The van der Waals surface area contributed by atoms with Crippen LogP contribution in [-0.4, -0.2) is 22.1 Å². The SMILES string of the molecule is Cc1cccc(CN(C)c2ccnc(CO)c2)n1. The van der Waals surface area contributed by atoms with Crippen LogP contribution in [0.1, 0.15) is 17.1 Å². The first-order valence-electron chi connectivity index (χ1n) is 5.88. The van der Waals surface area contributed by atoms with E-state index in [1.807, 2.05) is 44.3 Å².